The maximum Gasteiger partial charge on any atom is 0.310 e. The van der Waals surface area contributed by atoms with E-state index in [1.165, 1.54) is 0 Å². The fourth-order valence-corrected chi connectivity index (χ4v) is 2.86. The highest BCUT2D eigenvalue weighted by atomic mass is 16.5. The summed E-state index contributed by atoms with van der Waals surface area (Å²) in [7, 11) is 0. The van der Waals surface area contributed by atoms with E-state index >= 15 is 0 Å². The molecule has 0 aromatic rings. The molecular weight excluding hydrogens is 270 g/mol. The molecule has 0 spiro atoms. The molecule has 0 unspecified atom stereocenters. The van der Waals surface area contributed by atoms with Crippen LogP contribution < -0.4 is 5.32 Å². The van der Waals surface area contributed by atoms with Crippen LogP contribution in [0.15, 0.2) is 0 Å². The third-order valence-electron chi connectivity index (χ3n) is 4.11. The predicted octanol–water partition coefficient (Wildman–Crippen LogP) is 2.73. The summed E-state index contributed by atoms with van der Waals surface area (Å²) in [5, 5.41) is 12.4. The van der Waals surface area contributed by atoms with E-state index in [1.807, 2.05) is 13.8 Å². The molecule has 1 aliphatic rings. The third-order valence-corrected chi connectivity index (χ3v) is 4.11. The standard InChI is InChI=1S/C16H29NO4/c1-13(2)21-11-7-10-17-14(18)12-16(15(19)20)8-5-3-4-6-9-16/h13H,3-12H2,1-2H3,(H,17,18)(H,19,20). The highest BCUT2D eigenvalue weighted by Gasteiger charge is 2.40. The van der Waals surface area contributed by atoms with Crippen LogP contribution in [-0.4, -0.2) is 36.2 Å². The lowest BCUT2D eigenvalue weighted by atomic mass is 9.77. The van der Waals surface area contributed by atoms with Gasteiger partial charge in [-0.25, -0.2) is 0 Å². The number of hydrogen-bond donors (Lipinski definition) is 2. The molecule has 122 valence electrons. The molecule has 0 bridgehead atoms. The normalized spacial score (nSPS) is 18.2. The van der Waals surface area contributed by atoms with Gasteiger partial charge in [0.2, 0.25) is 5.91 Å². The van der Waals surface area contributed by atoms with E-state index in [0.29, 0.717) is 26.0 Å². The maximum absolute atomic E-state index is 12.0. The lowest BCUT2D eigenvalue weighted by Crippen LogP contribution is -2.37. The summed E-state index contributed by atoms with van der Waals surface area (Å²) >= 11 is 0. The molecule has 5 heteroatoms. The summed E-state index contributed by atoms with van der Waals surface area (Å²) in [6, 6.07) is 0. The highest BCUT2D eigenvalue weighted by Crippen LogP contribution is 2.38. The van der Waals surface area contributed by atoms with E-state index in [9.17, 15) is 14.7 Å². The first-order valence-corrected chi connectivity index (χ1v) is 8.08. The number of carboxylic acid groups (broad SMARTS) is 1. The van der Waals surface area contributed by atoms with Crippen LogP contribution in [0.3, 0.4) is 0 Å². The van der Waals surface area contributed by atoms with E-state index in [1.54, 1.807) is 0 Å². The van der Waals surface area contributed by atoms with Gasteiger partial charge in [-0.1, -0.05) is 25.7 Å². The largest absolute Gasteiger partial charge is 0.481 e. The first-order valence-electron chi connectivity index (χ1n) is 8.08. The zero-order valence-electron chi connectivity index (χ0n) is 13.3. The molecule has 0 aromatic heterocycles. The number of rotatable bonds is 8. The molecule has 1 aliphatic carbocycles. The van der Waals surface area contributed by atoms with Crippen LogP contribution in [0.5, 0.6) is 0 Å². The molecule has 0 radical (unpaired) electrons. The van der Waals surface area contributed by atoms with Gasteiger partial charge >= 0.3 is 5.97 Å². The summed E-state index contributed by atoms with van der Waals surface area (Å²) in [6.45, 7) is 5.10. The number of aliphatic carboxylic acids is 1. The van der Waals surface area contributed by atoms with Crippen molar-refractivity contribution in [2.24, 2.45) is 5.41 Å². The minimum Gasteiger partial charge on any atom is -0.481 e. The van der Waals surface area contributed by atoms with Crippen LogP contribution in [0, 0.1) is 5.41 Å². The number of amides is 1. The van der Waals surface area contributed by atoms with Crippen molar-refractivity contribution in [2.45, 2.75) is 71.3 Å². The summed E-state index contributed by atoms with van der Waals surface area (Å²) in [4.78, 5) is 23.6. The maximum atomic E-state index is 12.0. The second-order valence-electron chi connectivity index (χ2n) is 6.30. The molecule has 1 fully saturated rings. The van der Waals surface area contributed by atoms with Gasteiger partial charge in [0.05, 0.1) is 11.5 Å². The molecule has 1 amide bonds. The van der Waals surface area contributed by atoms with E-state index in [4.69, 9.17) is 4.74 Å². The zero-order valence-corrected chi connectivity index (χ0v) is 13.3. The van der Waals surface area contributed by atoms with Gasteiger partial charge in [-0.15, -0.1) is 0 Å². The van der Waals surface area contributed by atoms with Gasteiger partial charge in [-0.3, -0.25) is 9.59 Å². The van der Waals surface area contributed by atoms with Crippen LogP contribution in [0.25, 0.3) is 0 Å². The van der Waals surface area contributed by atoms with Crippen molar-refractivity contribution >= 4 is 11.9 Å². The van der Waals surface area contributed by atoms with Crippen molar-refractivity contribution in [2.75, 3.05) is 13.2 Å². The molecule has 0 heterocycles. The minimum absolute atomic E-state index is 0.105. The average molecular weight is 299 g/mol. The number of ether oxygens (including phenoxy) is 1. The van der Waals surface area contributed by atoms with Gasteiger partial charge in [0.25, 0.3) is 0 Å². The molecule has 1 rings (SSSR count). The Balaban J connectivity index is 2.37. The van der Waals surface area contributed by atoms with Crippen LogP contribution >= 0.6 is 0 Å². The van der Waals surface area contributed by atoms with Crippen molar-refractivity contribution < 1.29 is 19.4 Å². The molecule has 2 N–H and O–H groups in total. The fraction of sp³-hybridized carbons (Fsp3) is 0.875. The van der Waals surface area contributed by atoms with Gasteiger partial charge in [-0.05, 0) is 33.1 Å². The van der Waals surface area contributed by atoms with Gasteiger partial charge in [0.1, 0.15) is 0 Å². The topological polar surface area (TPSA) is 75.6 Å². The van der Waals surface area contributed by atoms with Crippen molar-refractivity contribution in [3.63, 3.8) is 0 Å². The van der Waals surface area contributed by atoms with E-state index in [-0.39, 0.29) is 18.4 Å². The summed E-state index contributed by atoms with van der Waals surface area (Å²) in [5.74, 6) is -0.966. The van der Waals surface area contributed by atoms with Crippen molar-refractivity contribution in [3.8, 4) is 0 Å². The number of hydrogen-bond acceptors (Lipinski definition) is 3. The first-order chi connectivity index (χ1) is 9.96. The highest BCUT2D eigenvalue weighted by molar-refractivity contribution is 5.85. The second kappa shape index (κ2) is 9.03. The molecule has 21 heavy (non-hydrogen) atoms. The SMILES string of the molecule is CC(C)OCCCNC(=O)CC1(C(=O)O)CCCCCC1. The summed E-state index contributed by atoms with van der Waals surface area (Å²) < 4.78 is 5.40. The molecule has 5 nitrogen and oxygen atoms in total. The molecule has 1 saturated carbocycles. The van der Waals surface area contributed by atoms with Crippen molar-refractivity contribution in [1.29, 1.82) is 0 Å². The molecule has 0 aliphatic heterocycles. The molecule has 0 saturated heterocycles. The predicted molar refractivity (Wildman–Crippen MR) is 81.1 cm³/mol. The number of carboxylic acids is 1. The Bertz CT molecular complexity index is 333. The lowest BCUT2D eigenvalue weighted by Gasteiger charge is -2.27. The van der Waals surface area contributed by atoms with Crippen molar-refractivity contribution in [1.82, 2.24) is 5.32 Å². The minimum atomic E-state index is -0.852. The Kier molecular flexibility index (Phi) is 7.72. The number of nitrogens with one attached hydrogen (secondary N) is 1. The zero-order chi connectivity index (χ0) is 15.7. The fourth-order valence-electron chi connectivity index (χ4n) is 2.86. The Morgan fingerprint density at radius 3 is 2.33 bits per heavy atom. The number of carbonyl (C=O) groups is 2. The molecule has 0 atom stereocenters. The molecule has 0 aromatic carbocycles. The Hall–Kier alpha value is -1.10. The quantitative estimate of drug-likeness (QED) is 0.534. The van der Waals surface area contributed by atoms with Crippen LogP contribution in [0.2, 0.25) is 0 Å². The van der Waals surface area contributed by atoms with Crippen molar-refractivity contribution in [3.05, 3.63) is 0 Å². The smallest absolute Gasteiger partial charge is 0.310 e. The Morgan fingerprint density at radius 1 is 1.19 bits per heavy atom. The monoisotopic (exact) mass is 299 g/mol. The van der Waals surface area contributed by atoms with Gasteiger partial charge in [-0.2, -0.15) is 0 Å². The molecular formula is C16H29NO4. The number of carbonyl (C=O) groups excluding carboxylic acids is 1. The Morgan fingerprint density at radius 2 is 1.81 bits per heavy atom. The van der Waals surface area contributed by atoms with E-state index in [2.05, 4.69) is 5.32 Å². The third kappa shape index (κ3) is 6.46. The van der Waals surface area contributed by atoms with Crippen LogP contribution in [0.1, 0.15) is 65.2 Å². The lowest BCUT2D eigenvalue weighted by molar-refractivity contribution is -0.152. The first kappa shape index (κ1) is 18.0. The second-order valence-corrected chi connectivity index (χ2v) is 6.30. The summed E-state index contributed by atoms with van der Waals surface area (Å²) in [6.07, 6.45) is 6.24. The Labute approximate surface area is 127 Å². The van der Waals surface area contributed by atoms with Crippen LogP contribution in [0.4, 0.5) is 0 Å². The van der Waals surface area contributed by atoms with Crippen LogP contribution in [-0.2, 0) is 14.3 Å². The van der Waals surface area contributed by atoms with E-state index in [0.717, 1.165) is 32.1 Å². The average Bonchev–Trinajstić information content (AvgIpc) is 2.64. The van der Waals surface area contributed by atoms with Gasteiger partial charge in [0, 0.05) is 19.6 Å². The van der Waals surface area contributed by atoms with Gasteiger partial charge < -0.3 is 15.2 Å². The van der Waals surface area contributed by atoms with Gasteiger partial charge in [0.15, 0.2) is 0 Å². The van der Waals surface area contributed by atoms with E-state index < -0.39 is 11.4 Å². The summed E-state index contributed by atoms with van der Waals surface area (Å²) in [5.41, 5.74) is -0.852.